The van der Waals surface area contributed by atoms with Crippen LogP contribution in [0.25, 0.3) is 0 Å². The standard InChI is InChI=1S/C26H26BrClN2O6/c1-2-35-25(34)19-20-24(33)30(18(13-31)14-6-4-3-5-7-14)22(26(20)12-17(27)21(19)36-26)23(32)29-16-10-8-15(28)9-11-16/h3-11,17-22,31H,2,12-13H2,1H3,(H,29,32)/t17?,18-,19-,20+,21-,22?,26?/m1/s1. The lowest BCUT2D eigenvalue weighted by Gasteiger charge is -2.37. The molecule has 3 heterocycles. The molecule has 0 aliphatic carbocycles. The van der Waals surface area contributed by atoms with Crippen molar-refractivity contribution in [1.29, 1.82) is 0 Å². The SMILES string of the molecule is CCOC(=O)[C@H]1[C@@H]2OC3(CC2Br)C(C(=O)Nc2ccc(Cl)cc2)N([C@H](CO)c2ccccc2)C(=O)[C@H]13. The molecule has 0 radical (unpaired) electrons. The van der Waals surface area contributed by atoms with E-state index in [-0.39, 0.29) is 11.4 Å². The molecule has 5 rings (SSSR count). The van der Waals surface area contributed by atoms with Gasteiger partial charge in [0.2, 0.25) is 11.8 Å². The maximum atomic E-state index is 14.1. The van der Waals surface area contributed by atoms with Crippen LogP contribution in [-0.4, -0.2) is 63.6 Å². The molecular formula is C26H26BrClN2O6. The van der Waals surface area contributed by atoms with E-state index in [0.29, 0.717) is 22.7 Å². The Morgan fingerprint density at radius 3 is 2.58 bits per heavy atom. The van der Waals surface area contributed by atoms with E-state index in [2.05, 4.69) is 21.2 Å². The van der Waals surface area contributed by atoms with Gasteiger partial charge in [-0.25, -0.2) is 0 Å². The molecule has 3 unspecified atom stereocenters. The lowest BCUT2D eigenvalue weighted by atomic mass is 9.70. The summed E-state index contributed by atoms with van der Waals surface area (Å²) < 4.78 is 11.7. The highest BCUT2D eigenvalue weighted by Crippen LogP contribution is 2.61. The number of hydrogen-bond donors (Lipinski definition) is 2. The quantitative estimate of drug-likeness (QED) is 0.387. The van der Waals surface area contributed by atoms with E-state index in [1.54, 1.807) is 55.5 Å². The molecule has 190 valence electrons. The van der Waals surface area contributed by atoms with Crippen molar-refractivity contribution in [2.75, 3.05) is 18.5 Å². The number of hydrogen-bond acceptors (Lipinski definition) is 6. The minimum atomic E-state index is -1.26. The number of aliphatic hydroxyl groups is 1. The molecule has 7 atom stereocenters. The number of alkyl halides is 1. The molecule has 2 N–H and O–H groups in total. The van der Waals surface area contributed by atoms with Gasteiger partial charge in [0.25, 0.3) is 0 Å². The summed E-state index contributed by atoms with van der Waals surface area (Å²) >= 11 is 9.61. The fourth-order valence-corrected chi connectivity index (χ4v) is 7.05. The lowest BCUT2D eigenvalue weighted by Crippen LogP contribution is -2.54. The molecule has 2 aromatic carbocycles. The number of fused-ring (bicyclic) bond motifs is 1. The first-order chi connectivity index (χ1) is 17.3. The summed E-state index contributed by atoms with van der Waals surface area (Å²) in [5.74, 6) is -3.16. The smallest absolute Gasteiger partial charge is 0.312 e. The topological polar surface area (TPSA) is 105 Å². The van der Waals surface area contributed by atoms with Gasteiger partial charge in [-0.1, -0.05) is 57.9 Å². The zero-order chi connectivity index (χ0) is 25.6. The van der Waals surface area contributed by atoms with Crippen LogP contribution in [0, 0.1) is 11.8 Å². The van der Waals surface area contributed by atoms with Crippen LogP contribution in [0.2, 0.25) is 5.02 Å². The summed E-state index contributed by atoms with van der Waals surface area (Å²) in [5, 5.41) is 13.8. The highest BCUT2D eigenvalue weighted by atomic mass is 79.9. The van der Waals surface area contributed by atoms with Gasteiger partial charge in [-0.05, 0) is 43.2 Å². The molecule has 3 saturated heterocycles. The van der Waals surface area contributed by atoms with Gasteiger partial charge in [-0.15, -0.1) is 0 Å². The number of likely N-dealkylation sites (tertiary alicyclic amines) is 1. The van der Waals surface area contributed by atoms with Gasteiger partial charge in [0.05, 0.1) is 37.2 Å². The number of benzene rings is 2. The van der Waals surface area contributed by atoms with Crippen molar-refractivity contribution in [3.05, 3.63) is 65.2 Å². The molecule has 1 spiro atoms. The van der Waals surface area contributed by atoms with Gasteiger partial charge in [0.1, 0.15) is 11.6 Å². The fraction of sp³-hybridized carbons (Fsp3) is 0.423. The van der Waals surface area contributed by atoms with Crippen molar-refractivity contribution in [2.24, 2.45) is 11.8 Å². The Bertz CT molecular complexity index is 1160. The molecule has 3 aliphatic heterocycles. The number of anilines is 1. The van der Waals surface area contributed by atoms with Crippen LogP contribution in [0.3, 0.4) is 0 Å². The van der Waals surface area contributed by atoms with Crippen molar-refractivity contribution in [2.45, 2.75) is 42.0 Å². The molecule has 3 fully saturated rings. The van der Waals surface area contributed by atoms with Gasteiger partial charge in [-0.2, -0.15) is 0 Å². The summed E-state index contributed by atoms with van der Waals surface area (Å²) in [6.45, 7) is 1.46. The Hall–Kier alpha value is -2.46. The van der Waals surface area contributed by atoms with Crippen LogP contribution in [0.4, 0.5) is 5.69 Å². The second-order valence-electron chi connectivity index (χ2n) is 9.27. The van der Waals surface area contributed by atoms with E-state index in [1.807, 2.05) is 6.07 Å². The number of nitrogens with zero attached hydrogens (tertiary/aromatic N) is 1. The fourth-order valence-electron chi connectivity index (χ4n) is 5.98. The third kappa shape index (κ3) is 3.93. The minimum absolute atomic E-state index is 0.163. The summed E-state index contributed by atoms with van der Waals surface area (Å²) in [4.78, 5) is 42.2. The van der Waals surface area contributed by atoms with Crippen molar-refractivity contribution in [1.82, 2.24) is 4.90 Å². The van der Waals surface area contributed by atoms with Gasteiger partial charge in [-0.3, -0.25) is 14.4 Å². The van der Waals surface area contributed by atoms with Gasteiger partial charge in [0, 0.05) is 15.5 Å². The van der Waals surface area contributed by atoms with Crippen LogP contribution in [0.15, 0.2) is 54.6 Å². The molecule has 3 aliphatic rings. The zero-order valence-electron chi connectivity index (χ0n) is 19.5. The first kappa shape index (κ1) is 25.2. The number of amides is 2. The number of carbonyl (C=O) groups is 3. The normalized spacial score (nSPS) is 31.3. The van der Waals surface area contributed by atoms with E-state index < -0.39 is 60.0 Å². The number of nitrogens with one attached hydrogen (secondary N) is 1. The van der Waals surface area contributed by atoms with E-state index >= 15 is 0 Å². The molecule has 8 nitrogen and oxygen atoms in total. The first-order valence-electron chi connectivity index (χ1n) is 11.8. The Balaban J connectivity index is 1.60. The monoisotopic (exact) mass is 576 g/mol. The predicted octanol–water partition coefficient (Wildman–Crippen LogP) is 3.32. The van der Waals surface area contributed by atoms with Crippen LogP contribution in [0.5, 0.6) is 0 Å². The molecule has 36 heavy (non-hydrogen) atoms. The molecule has 0 saturated carbocycles. The van der Waals surface area contributed by atoms with Crippen molar-refractivity contribution in [3.63, 3.8) is 0 Å². The van der Waals surface area contributed by atoms with E-state index in [1.165, 1.54) is 4.90 Å². The highest BCUT2D eigenvalue weighted by molar-refractivity contribution is 9.09. The second-order valence-corrected chi connectivity index (χ2v) is 10.9. The molecular weight excluding hydrogens is 552 g/mol. The van der Waals surface area contributed by atoms with Crippen LogP contribution < -0.4 is 5.32 Å². The molecule has 2 aromatic rings. The van der Waals surface area contributed by atoms with E-state index in [9.17, 15) is 19.5 Å². The maximum absolute atomic E-state index is 14.1. The van der Waals surface area contributed by atoms with Crippen molar-refractivity contribution in [3.8, 4) is 0 Å². The van der Waals surface area contributed by atoms with Gasteiger partial charge in [0.15, 0.2) is 0 Å². The van der Waals surface area contributed by atoms with Crippen molar-refractivity contribution >= 4 is 51.0 Å². The van der Waals surface area contributed by atoms with Gasteiger partial charge < -0.3 is 24.8 Å². The number of rotatable bonds is 7. The third-order valence-electron chi connectivity index (χ3n) is 7.34. The second kappa shape index (κ2) is 9.78. The van der Waals surface area contributed by atoms with Crippen LogP contribution >= 0.6 is 27.5 Å². The molecule has 10 heteroatoms. The lowest BCUT2D eigenvalue weighted by molar-refractivity contribution is -0.155. The average Bonchev–Trinajstić information content (AvgIpc) is 3.46. The summed E-state index contributed by atoms with van der Waals surface area (Å²) in [5.41, 5.74) is -0.0834. The largest absolute Gasteiger partial charge is 0.466 e. The third-order valence-corrected chi connectivity index (χ3v) is 8.44. The Morgan fingerprint density at radius 1 is 1.25 bits per heavy atom. The van der Waals surface area contributed by atoms with Crippen LogP contribution in [0.1, 0.15) is 24.9 Å². The Labute approximate surface area is 222 Å². The Morgan fingerprint density at radius 2 is 1.94 bits per heavy atom. The number of aliphatic hydroxyl groups excluding tert-OH is 1. The van der Waals surface area contributed by atoms with Gasteiger partial charge >= 0.3 is 5.97 Å². The Kier molecular flexibility index (Phi) is 6.84. The van der Waals surface area contributed by atoms with E-state index in [4.69, 9.17) is 21.1 Å². The molecule has 0 aromatic heterocycles. The highest BCUT2D eigenvalue weighted by Gasteiger charge is 2.77. The number of esters is 1. The average molecular weight is 578 g/mol. The number of halogens is 2. The van der Waals surface area contributed by atoms with Crippen LogP contribution in [-0.2, 0) is 23.9 Å². The minimum Gasteiger partial charge on any atom is -0.466 e. The predicted molar refractivity (Wildman–Crippen MR) is 136 cm³/mol. The van der Waals surface area contributed by atoms with E-state index in [0.717, 1.165) is 0 Å². The summed E-state index contributed by atoms with van der Waals surface area (Å²) in [6, 6.07) is 13.8. The number of carbonyl (C=O) groups excluding carboxylic acids is 3. The number of ether oxygens (including phenoxy) is 2. The maximum Gasteiger partial charge on any atom is 0.312 e. The van der Waals surface area contributed by atoms with Crippen molar-refractivity contribution < 1.29 is 29.0 Å². The zero-order valence-corrected chi connectivity index (χ0v) is 21.8. The summed E-state index contributed by atoms with van der Waals surface area (Å²) in [6.07, 6.45) is -0.248. The summed E-state index contributed by atoms with van der Waals surface area (Å²) in [7, 11) is 0. The first-order valence-corrected chi connectivity index (χ1v) is 13.1. The molecule has 2 amide bonds. The molecule has 2 bridgehead atoms.